The molecular formula is C12H16O4. The molecule has 0 spiro atoms. The van der Waals surface area contributed by atoms with Gasteiger partial charge in [0.25, 0.3) is 0 Å². The number of Topliss-reactive ketones (excluding diaryl/α,β-unsaturated/α-hetero) is 2. The van der Waals surface area contributed by atoms with Gasteiger partial charge in [-0.3, -0.25) is 9.59 Å². The van der Waals surface area contributed by atoms with Crippen molar-refractivity contribution in [3.05, 3.63) is 12.2 Å². The smallest absolute Gasteiger partial charge is 0.165 e. The van der Waals surface area contributed by atoms with Crippen molar-refractivity contribution < 1.29 is 19.1 Å². The topological polar surface area (TPSA) is 52.6 Å². The molecule has 0 aromatic heterocycles. The van der Waals surface area contributed by atoms with Crippen LogP contribution in [0.1, 0.15) is 6.42 Å². The van der Waals surface area contributed by atoms with Crippen LogP contribution in [0.4, 0.5) is 0 Å². The molecule has 0 aromatic carbocycles. The van der Waals surface area contributed by atoms with E-state index >= 15 is 0 Å². The number of allylic oxidation sites excluding steroid dienone is 2. The molecule has 4 heteroatoms. The molecule has 0 saturated carbocycles. The zero-order valence-corrected chi connectivity index (χ0v) is 9.35. The van der Waals surface area contributed by atoms with E-state index in [-0.39, 0.29) is 42.5 Å². The third-order valence-electron chi connectivity index (χ3n) is 3.29. The van der Waals surface area contributed by atoms with E-state index in [9.17, 15) is 9.59 Å². The number of carbonyl (C=O) groups excluding carboxylic acids is 2. The Bertz CT molecular complexity index is 321. The lowest BCUT2D eigenvalue weighted by Gasteiger charge is -2.15. The van der Waals surface area contributed by atoms with Crippen LogP contribution in [-0.2, 0) is 19.1 Å². The number of ketones is 2. The molecule has 1 unspecified atom stereocenters. The molecule has 2 aliphatic rings. The van der Waals surface area contributed by atoms with Gasteiger partial charge in [0.05, 0.1) is 6.61 Å². The maximum absolute atomic E-state index is 11.6. The molecule has 3 atom stereocenters. The van der Waals surface area contributed by atoms with E-state index < -0.39 is 0 Å². The van der Waals surface area contributed by atoms with E-state index in [0.29, 0.717) is 6.61 Å². The SMILES string of the molecule is COCC(=O)[C@H]1C=C[C@@H](C2COCC2=O)C1. The van der Waals surface area contributed by atoms with Gasteiger partial charge in [-0.15, -0.1) is 0 Å². The van der Waals surface area contributed by atoms with E-state index in [0.717, 1.165) is 6.42 Å². The summed E-state index contributed by atoms with van der Waals surface area (Å²) in [4.78, 5) is 23.1. The van der Waals surface area contributed by atoms with Gasteiger partial charge in [0.2, 0.25) is 0 Å². The first-order valence-corrected chi connectivity index (χ1v) is 5.53. The summed E-state index contributed by atoms with van der Waals surface area (Å²) in [6.45, 7) is 0.877. The fraction of sp³-hybridized carbons (Fsp3) is 0.667. The van der Waals surface area contributed by atoms with Gasteiger partial charge in [-0.2, -0.15) is 0 Å². The van der Waals surface area contributed by atoms with E-state index in [4.69, 9.17) is 9.47 Å². The molecule has 1 aliphatic heterocycles. The van der Waals surface area contributed by atoms with Crippen molar-refractivity contribution in [3.8, 4) is 0 Å². The zero-order valence-electron chi connectivity index (χ0n) is 9.35. The van der Waals surface area contributed by atoms with Crippen molar-refractivity contribution in [3.63, 3.8) is 0 Å². The van der Waals surface area contributed by atoms with Gasteiger partial charge in [0, 0.05) is 18.9 Å². The number of hydrogen-bond acceptors (Lipinski definition) is 4. The Morgan fingerprint density at radius 3 is 3.00 bits per heavy atom. The second kappa shape index (κ2) is 4.89. The van der Waals surface area contributed by atoms with Crippen LogP contribution in [-0.4, -0.2) is 38.5 Å². The quantitative estimate of drug-likeness (QED) is 0.656. The van der Waals surface area contributed by atoms with Gasteiger partial charge < -0.3 is 9.47 Å². The van der Waals surface area contributed by atoms with Gasteiger partial charge in [-0.1, -0.05) is 12.2 Å². The molecule has 0 radical (unpaired) electrons. The predicted octanol–water partition coefficient (Wildman–Crippen LogP) is 0.610. The molecule has 1 saturated heterocycles. The van der Waals surface area contributed by atoms with E-state index in [1.165, 1.54) is 7.11 Å². The third-order valence-corrected chi connectivity index (χ3v) is 3.29. The second-order valence-electron chi connectivity index (χ2n) is 4.38. The Kier molecular flexibility index (Phi) is 3.51. The fourth-order valence-electron chi connectivity index (χ4n) is 2.36. The molecule has 88 valence electrons. The molecule has 4 nitrogen and oxygen atoms in total. The minimum atomic E-state index is -0.0849. The highest BCUT2D eigenvalue weighted by molar-refractivity contribution is 5.86. The van der Waals surface area contributed by atoms with Gasteiger partial charge in [-0.05, 0) is 12.3 Å². The maximum atomic E-state index is 11.6. The lowest BCUT2D eigenvalue weighted by molar-refractivity contribution is -0.126. The lowest BCUT2D eigenvalue weighted by Crippen LogP contribution is -2.23. The molecule has 0 N–H and O–H groups in total. The summed E-state index contributed by atoms with van der Waals surface area (Å²) < 4.78 is 9.95. The molecule has 0 amide bonds. The predicted molar refractivity (Wildman–Crippen MR) is 56.9 cm³/mol. The monoisotopic (exact) mass is 224 g/mol. The van der Waals surface area contributed by atoms with Gasteiger partial charge in [0.15, 0.2) is 11.6 Å². The average molecular weight is 224 g/mol. The Morgan fingerprint density at radius 1 is 1.56 bits per heavy atom. The maximum Gasteiger partial charge on any atom is 0.165 e. The summed E-state index contributed by atoms with van der Waals surface area (Å²) in [7, 11) is 1.52. The number of methoxy groups -OCH3 is 1. The van der Waals surface area contributed by atoms with Crippen LogP contribution < -0.4 is 0 Å². The van der Waals surface area contributed by atoms with Crippen LogP contribution in [0.2, 0.25) is 0 Å². The van der Waals surface area contributed by atoms with Gasteiger partial charge >= 0.3 is 0 Å². The highest BCUT2D eigenvalue weighted by Crippen LogP contribution is 2.32. The molecule has 2 rings (SSSR count). The van der Waals surface area contributed by atoms with E-state index in [2.05, 4.69) is 0 Å². The highest BCUT2D eigenvalue weighted by Gasteiger charge is 2.36. The minimum Gasteiger partial charge on any atom is -0.377 e. The molecule has 1 fully saturated rings. The Hall–Kier alpha value is -1.00. The first kappa shape index (κ1) is 11.5. The summed E-state index contributed by atoms with van der Waals surface area (Å²) in [6.07, 6.45) is 4.61. The Labute approximate surface area is 94.6 Å². The summed E-state index contributed by atoms with van der Waals surface area (Å²) in [5.74, 6) is 0.290. The fourth-order valence-corrected chi connectivity index (χ4v) is 2.36. The summed E-state index contributed by atoms with van der Waals surface area (Å²) in [5.41, 5.74) is 0. The van der Waals surface area contributed by atoms with Crippen LogP contribution >= 0.6 is 0 Å². The zero-order chi connectivity index (χ0) is 11.5. The van der Waals surface area contributed by atoms with Crippen LogP contribution in [0, 0.1) is 17.8 Å². The standard InChI is InChI=1S/C12H16O4/c1-15-6-11(13)9-3-2-8(4-9)10-5-16-7-12(10)14/h2-3,8-10H,4-7H2,1H3/t8-,9+,10?/m1/s1. The first-order chi connectivity index (χ1) is 7.72. The van der Waals surface area contributed by atoms with Crippen molar-refractivity contribution in [2.75, 3.05) is 26.9 Å². The van der Waals surface area contributed by atoms with Crippen molar-refractivity contribution in [2.24, 2.45) is 17.8 Å². The number of carbonyl (C=O) groups is 2. The van der Waals surface area contributed by atoms with Crippen LogP contribution in [0.25, 0.3) is 0 Å². The average Bonchev–Trinajstić information content (AvgIpc) is 2.86. The second-order valence-corrected chi connectivity index (χ2v) is 4.38. The minimum absolute atomic E-state index is 0.0448. The third kappa shape index (κ3) is 2.23. The normalized spacial score (nSPS) is 33.6. The van der Waals surface area contributed by atoms with Crippen molar-refractivity contribution in [1.29, 1.82) is 0 Å². The largest absolute Gasteiger partial charge is 0.377 e. The van der Waals surface area contributed by atoms with E-state index in [1.807, 2.05) is 12.2 Å². The van der Waals surface area contributed by atoms with Crippen LogP contribution in [0.15, 0.2) is 12.2 Å². The Balaban J connectivity index is 1.91. The molecule has 0 bridgehead atoms. The highest BCUT2D eigenvalue weighted by atomic mass is 16.5. The number of hydrogen-bond donors (Lipinski definition) is 0. The van der Waals surface area contributed by atoms with Crippen molar-refractivity contribution >= 4 is 11.6 Å². The summed E-state index contributed by atoms with van der Waals surface area (Å²) in [5, 5.41) is 0. The Morgan fingerprint density at radius 2 is 2.38 bits per heavy atom. The first-order valence-electron chi connectivity index (χ1n) is 5.53. The van der Waals surface area contributed by atoms with Gasteiger partial charge in [-0.25, -0.2) is 0 Å². The van der Waals surface area contributed by atoms with Crippen molar-refractivity contribution in [1.82, 2.24) is 0 Å². The molecule has 1 aliphatic carbocycles. The molecule has 0 aromatic rings. The van der Waals surface area contributed by atoms with Crippen LogP contribution in [0.3, 0.4) is 0 Å². The lowest BCUT2D eigenvalue weighted by atomic mass is 9.88. The molecule has 1 heterocycles. The number of rotatable bonds is 4. The van der Waals surface area contributed by atoms with Crippen LogP contribution in [0.5, 0.6) is 0 Å². The number of ether oxygens (including phenoxy) is 2. The molecular weight excluding hydrogens is 208 g/mol. The van der Waals surface area contributed by atoms with Crippen molar-refractivity contribution in [2.45, 2.75) is 6.42 Å². The van der Waals surface area contributed by atoms with E-state index in [1.54, 1.807) is 0 Å². The molecule has 16 heavy (non-hydrogen) atoms. The van der Waals surface area contributed by atoms with Gasteiger partial charge in [0.1, 0.15) is 13.2 Å². The summed E-state index contributed by atoms with van der Waals surface area (Å²) >= 11 is 0. The summed E-state index contributed by atoms with van der Waals surface area (Å²) in [6, 6.07) is 0.